The zero-order valence-electron chi connectivity index (χ0n) is 17.4. The summed E-state index contributed by atoms with van der Waals surface area (Å²) in [7, 11) is 1.64. The van der Waals surface area contributed by atoms with Crippen LogP contribution in [0.3, 0.4) is 0 Å². The van der Waals surface area contributed by atoms with Gasteiger partial charge >= 0.3 is 5.97 Å². The van der Waals surface area contributed by atoms with Gasteiger partial charge in [-0.2, -0.15) is 0 Å². The quantitative estimate of drug-likeness (QED) is 0.709. The van der Waals surface area contributed by atoms with E-state index < -0.39 is 5.97 Å². The van der Waals surface area contributed by atoms with E-state index in [1.807, 2.05) is 44.2 Å². The first kappa shape index (κ1) is 21.5. The van der Waals surface area contributed by atoms with Crippen molar-refractivity contribution in [1.29, 1.82) is 0 Å². The molecular weight excluding hydrogens is 384 g/mol. The molecule has 1 aliphatic heterocycles. The third kappa shape index (κ3) is 5.04. The highest BCUT2D eigenvalue weighted by Gasteiger charge is 2.27. The number of para-hydroxylation sites is 1. The van der Waals surface area contributed by atoms with Crippen molar-refractivity contribution in [2.24, 2.45) is 0 Å². The van der Waals surface area contributed by atoms with Crippen LogP contribution in [0.1, 0.15) is 34.6 Å². The number of amides is 2. The summed E-state index contributed by atoms with van der Waals surface area (Å²) in [6.45, 7) is 4.32. The molecule has 158 valence electrons. The summed E-state index contributed by atoms with van der Waals surface area (Å²) in [5.74, 6) is -1.32. The monoisotopic (exact) mass is 410 g/mol. The summed E-state index contributed by atoms with van der Waals surface area (Å²) in [6, 6.07) is 15.6. The lowest BCUT2D eigenvalue weighted by atomic mass is 10.1. The molecule has 30 heavy (non-hydrogen) atoms. The van der Waals surface area contributed by atoms with E-state index >= 15 is 0 Å². The first-order chi connectivity index (χ1) is 14.4. The van der Waals surface area contributed by atoms with Crippen molar-refractivity contribution < 1.29 is 23.9 Å². The van der Waals surface area contributed by atoms with Gasteiger partial charge in [0.2, 0.25) is 0 Å². The minimum absolute atomic E-state index is 0.0692. The average Bonchev–Trinajstić information content (AvgIpc) is 2.76. The molecule has 7 heteroatoms. The molecule has 0 saturated carbocycles. The van der Waals surface area contributed by atoms with Gasteiger partial charge in [-0.1, -0.05) is 30.3 Å². The number of esters is 1. The van der Waals surface area contributed by atoms with Crippen molar-refractivity contribution >= 4 is 23.5 Å². The Morgan fingerprint density at radius 2 is 1.53 bits per heavy atom. The molecule has 0 aliphatic carbocycles. The van der Waals surface area contributed by atoms with Crippen LogP contribution in [-0.2, 0) is 14.3 Å². The standard InChI is InChI=1S/C23H26N2O5/c1-16-13-25(14-17(2)30-16)21(26)15-29-23(28)20-12-8-7-11-19(20)22(27)24(3)18-9-5-4-6-10-18/h4-12,16-17H,13-15H2,1-3H3/t16-,17+. The van der Waals surface area contributed by atoms with Crippen LogP contribution in [-0.4, -0.2) is 61.6 Å². The Kier molecular flexibility index (Phi) is 6.84. The lowest BCUT2D eigenvalue weighted by Crippen LogP contribution is -2.49. The number of anilines is 1. The van der Waals surface area contributed by atoms with Crippen molar-refractivity contribution in [3.8, 4) is 0 Å². The topological polar surface area (TPSA) is 76.2 Å². The van der Waals surface area contributed by atoms with Crippen LogP contribution < -0.4 is 4.90 Å². The van der Waals surface area contributed by atoms with Gasteiger partial charge in [-0.25, -0.2) is 4.79 Å². The molecule has 1 saturated heterocycles. The molecule has 2 amide bonds. The maximum atomic E-state index is 13.0. The molecule has 2 atom stereocenters. The van der Waals surface area contributed by atoms with E-state index in [4.69, 9.17) is 9.47 Å². The highest BCUT2D eigenvalue weighted by molar-refractivity contribution is 6.12. The van der Waals surface area contributed by atoms with E-state index in [9.17, 15) is 14.4 Å². The lowest BCUT2D eigenvalue weighted by molar-refractivity contribution is -0.146. The Morgan fingerprint density at radius 3 is 2.17 bits per heavy atom. The number of hydrogen-bond acceptors (Lipinski definition) is 5. The van der Waals surface area contributed by atoms with Crippen molar-refractivity contribution in [2.45, 2.75) is 26.1 Å². The third-order valence-corrected chi connectivity index (χ3v) is 4.92. The minimum atomic E-state index is -0.705. The van der Waals surface area contributed by atoms with Gasteiger partial charge in [0.1, 0.15) is 0 Å². The predicted molar refractivity (Wildman–Crippen MR) is 112 cm³/mol. The van der Waals surface area contributed by atoms with Crippen molar-refractivity contribution in [2.75, 3.05) is 31.6 Å². The number of carbonyl (C=O) groups is 3. The van der Waals surface area contributed by atoms with E-state index in [1.54, 1.807) is 30.1 Å². The number of ether oxygens (including phenoxy) is 2. The van der Waals surface area contributed by atoms with E-state index in [0.29, 0.717) is 18.8 Å². The van der Waals surface area contributed by atoms with Crippen LogP contribution in [0, 0.1) is 0 Å². The largest absolute Gasteiger partial charge is 0.452 e. The van der Waals surface area contributed by atoms with Gasteiger partial charge in [-0.15, -0.1) is 0 Å². The average molecular weight is 410 g/mol. The summed E-state index contributed by atoms with van der Waals surface area (Å²) in [6.07, 6.45) is -0.138. The van der Waals surface area contributed by atoms with Crippen LogP contribution in [0.25, 0.3) is 0 Å². The lowest BCUT2D eigenvalue weighted by Gasteiger charge is -2.35. The zero-order valence-corrected chi connectivity index (χ0v) is 17.4. The minimum Gasteiger partial charge on any atom is -0.452 e. The number of rotatable bonds is 5. The molecule has 1 aliphatic rings. The Morgan fingerprint density at radius 1 is 0.967 bits per heavy atom. The summed E-state index contributed by atoms with van der Waals surface area (Å²) in [4.78, 5) is 41.2. The fraction of sp³-hybridized carbons (Fsp3) is 0.348. The van der Waals surface area contributed by atoms with Gasteiger partial charge in [-0.3, -0.25) is 9.59 Å². The third-order valence-electron chi connectivity index (χ3n) is 4.92. The number of morpholine rings is 1. The van der Waals surface area contributed by atoms with Crippen LogP contribution in [0.4, 0.5) is 5.69 Å². The highest BCUT2D eigenvalue weighted by Crippen LogP contribution is 2.18. The second-order valence-corrected chi connectivity index (χ2v) is 7.38. The molecule has 0 aromatic heterocycles. The first-order valence-corrected chi connectivity index (χ1v) is 9.89. The van der Waals surface area contributed by atoms with Crippen molar-refractivity contribution in [3.05, 3.63) is 65.7 Å². The summed E-state index contributed by atoms with van der Waals surface area (Å²) < 4.78 is 10.9. The molecule has 0 radical (unpaired) electrons. The number of benzene rings is 2. The maximum absolute atomic E-state index is 13.0. The second kappa shape index (κ2) is 9.54. The Bertz CT molecular complexity index is 905. The summed E-state index contributed by atoms with van der Waals surface area (Å²) in [5.41, 5.74) is 1.05. The van der Waals surface area contributed by atoms with Gasteiger partial charge in [0.15, 0.2) is 6.61 Å². The molecule has 3 rings (SSSR count). The Labute approximate surface area is 176 Å². The van der Waals surface area contributed by atoms with E-state index in [-0.39, 0.29) is 41.8 Å². The number of hydrogen-bond donors (Lipinski definition) is 0. The van der Waals surface area contributed by atoms with Crippen LogP contribution in [0.5, 0.6) is 0 Å². The van der Waals surface area contributed by atoms with Gasteiger partial charge in [0, 0.05) is 25.8 Å². The van der Waals surface area contributed by atoms with Crippen LogP contribution >= 0.6 is 0 Å². The molecule has 1 heterocycles. The van der Waals surface area contributed by atoms with Crippen LogP contribution in [0.2, 0.25) is 0 Å². The van der Waals surface area contributed by atoms with Gasteiger partial charge in [0.05, 0.1) is 23.3 Å². The van der Waals surface area contributed by atoms with Gasteiger partial charge < -0.3 is 19.3 Å². The van der Waals surface area contributed by atoms with E-state index in [1.165, 1.54) is 11.0 Å². The molecule has 1 fully saturated rings. The molecule has 2 aromatic carbocycles. The smallest absolute Gasteiger partial charge is 0.339 e. The number of nitrogens with zero attached hydrogens (tertiary/aromatic N) is 2. The van der Waals surface area contributed by atoms with Gasteiger partial charge in [-0.05, 0) is 38.1 Å². The Balaban J connectivity index is 1.68. The molecule has 2 aromatic rings. The van der Waals surface area contributed by atoms with Crippen molar-refractivity contribution in [3.63, 3.8) is 0 Å². The second-order valence-electron chi connectivity index (χ2n) is 7.38. The predicted octanol–water partition coefficient (Wildman–Crippen LogP) is 2.76. The fourth-order valence-electron chi connectivity index (χ4n) is 3.47. The molecule has 0 bridgehead atoms. The summed E-state index contributed by atoms with van der Waals surface area (Å²) in [5, 5.41) is 0. The van der Waals surface area contributed by atoms with E-state index in [2.05, 4.69) is 0 Å². The Hall–Kier alpha value is -3.19. The highest BCUT2D eigenvalue weighted by atomic mass is 16.5. The molecule has 0 spiro atoms. The summed E-state index contributed by atoms with van der Waals surface area (Å²) >= 11 is 0. The van der Waals surface area contributed by atoms with Crippen LogP contribution in [0.15, 0.2) is 54.6 Å². The molecule has 0 N–H and O–H groups in total. The van der Waals surface area contributed by atoms with Gasteiger partial charge in [0.25, 0.3) is 11.8 Å². The normalized spacial score (nSPS) is 18.6. The SMILES string of the molecule is C[C@@H]1CN(C(=O)COC(=O)c2ccccc2C(=O)N(C)c2ccccc2)C[C@H](C)O1. The maximum Gasteiger partial charge on any atom is 0.339 e. The first-order valence-electron chi connectivity index (χ1n) is 9.89. The fourth-order valence-corrected chi connectivity index (χ4v) is 3.47. The number of carbonyl (C=O) groups excluding carboxylic acids is 3. The molecular formula is C23H26N2O5. The van der Waals surface area contributed by atoms with E-state index in [0.717, 1.165) is 0 Å². The molecule has 7 nitrogen and oxygen atoms in total. The van der Waals surface area contributed by atoms with Crippen molar-refractivity contribution in [1.82, 2.24) is 4.90 Å². The molecule has 0 unspecified atom stereocenters. The zero-order chi connectivity index (χ0) is 21.7.